The van der Waals surface area contributed by atoms with Crippen molar-refractivity contribution in [3.05, 3.63) is 46.7 Å². The highest BCUT2D eigenvalue weighted by molar-refractivity contribution is 9.10. The lowest BCUT2D eigenvalue weighted by Crippen LogP contribution is -2.13. The van der Waals surface area contributed by atoms with Crippen LogP contribution in [-0.2, 0) is 10.0 Å². The minimum atomic E-state index is -3.76. The van der Waals surface area contributed by atoms with Crippen molar-refractivity contribution in [3.8, 4) is 11.8 Å². The van der Waals surface area contributed by atoms with Gasteiger partial charge in [-0.15, -0.1) is 0 Å². The van der Waals surface area contributed by atoms with E-state index in [1.807, 2.05) is 6.07 Å². The molecule has 1 N–H and O–H groups in total. The number of pyridine rings is 1. The van der Waals surface area contributed by atoms with E-state index in [-0.39, 0.29) is 10.6 Å². The number of methoxy groups -OCH3 is 1. The molecule has 0 aliphatic rings. The third kappa shape index (κ3) is 3.51. The van der Waals surface area contributed by atoms with Crippen molar-refractivity contribution in [2.45, 2.75) is 4.90 Å². The summed E-state index contributed by atoms with van der Waals surface area (Å²) >= 11 is 3.28. The Hall–Kier alpha value is -2.11. The summed E-state index contributed by atoms with van der Waals surface area (Å²) in [5.74, 6) is 0.595. The normalized spacial score (nSPS) is 10.7. The van der Waals surface area contributed by atoms with Gasteiger partial charge in [-0.1, -0.05) is 0 Å². The molecule has 0 aliphatic heterocycles. The Morgan fingerprint density at radius 2 is 2.10 bits per heavy atom. The van der Waals surface area contributed by atoms with E-state index in [1.165, 1.54) is 19.2 Å². The minimum Gasteiger partial charge on any atom is -0.496 e. The highest BCUT2D eigenvalue weighted by Crippen LogP contribution is 2.28. The molecule has 0 saturated heterocycles. The Morgan fingerprint density at radius 1 is 1.33 bits per heavy atom. The SMILES string of the molecule is COc1ccc(NS(=O)(=O)c2ccc(C#N)nc2)cc1Br. The Kier molecular flexibility index (Phi) is 4.45. The molecule has 2 aromatic rings. The first-order valence-electron chi connectivity index (χ1n) is 5.69. The smallest absolute Gasteiger partial charge is 0.263 e. The van der Waals surface area contributed by atoms with Gasteiger partial charge in [0.2, 0.25) is 0 Å². The molecule has 108 valence electrons. The molecule has 1 aromatic carbocycles. The van der Waals surface area contributed by atoms with Crippen LogP contribution < -0.4 is 9.46 Å². The fraction of sp³-hybridized carbons (Fsp3) is 0.0769. The summed E-state index contributed by atoms with van der Waals surface area (Å²) in [6.45, 7) is 0. The van der Waals surface area contributed by atoms with Gasteiger partial charge in [0.05, 0.1) is 17.3 Å². The Labute approximate surface area is 130 Å². The maximum Gasteiger partial charge on any atom is 0.263 e. The monoisotopic (exact) mass is 367 g/mol. The van der Waals surface area contributed by atoms with Crippen molar-refractivity contribution < 1.29 is 13.2 Å². The number of ether oxygens (including phenoxy) is 1. The molecule has 0 fully saturated rings. The summed E-state index contributed by atoms with van der Waals surface area (Å²) in [6.07, 6.45) is 1.14. The van der Waals surface area contributed by atoms with E-state index in [4.69, 9.17) is 10.00 Å². The maximum absolute atomic E-state index is 12.2. The average molecular weight is 368 g/mol. The number of anilines is 1. The predicted octanol–water partition coefficient (Wildman–Crippen LogP) is 2.53. The van der Waals surface area contributed by atoms with Crippen LogP contribution in [0.25, 0.3) is 0 Å². The second-order valence-electron chi connectivity index (χ2n) is 3.95. The van der Waals surface area contributed by atoms with E-state index in [2.05, 4.69) is 25.6 Å². The van der Waals surface area contributed by atoms with E-state index in [1.54, 1.807) is 18.2 Å². The van der Waals surface area contributed by atoms with Gasteiger partial charge in [-0.3, -0.25) is 4.72 Å². The molecule has 1 aromatic heterocycles. The highest BCUT2D eigenvalue weighted by Gasteiger charge is 2.15. The third-order valence-electron chi connectivity index (χ3n) is 2.57. The van der Waals surface area contributed by atoms with Crippen molar-refractivity contribution in [2.75, 3.05) is 11.8 Å². The summed E-state index contributed by atoms with van der Waals surface area (Å²) in [5.41, 5.74) is 0.535. The van der Waals surface area contributed by atoms with Crippen molar-refractivity contribution in [1.29, 1.82) is 5.26 Å². The quantitative estimate of drug-likeness (QED) is 0.895. The topological polar surface area (TPSA) is 92.1 Å². The lowest BCUT2D eigenvalue weighted by Gasteiger charge is -2.09. The molecule has 0 bridgehead atoms. The molecule has 0 amide bonds. The number of benzene rings is 1. The molecule has 0 atom stereocenters. The van der Waals surface area contributed by atoms with Gasteiger partial charge in [0, 0.05) is 6.20 Å². The standard InChI is InChI=1S/C13H10BrN3O3S/c1-20-13-5-3-9(6-12(13)14)17-21(18,19)11-4-2-10(7-15)16-8-11/h2-6,8,17H,1H3. The van der Waals surface area contributed by atoms with Crippen LogP contribution in [0.1, 0.15) is 5.69 Å². The number of rotatable bonds is 4. The maximum atomic E-state index is 12.2. The summed E-state index contributed by atoms with van der Waals surface area (Å²) < 4.78 is 32.5. The van der Waals surface area contributed by atoms with Gasteiger partial charge < -0.3 is 4.74 Å². The summed E-state index contributed by atoms with van der Waals surface area (Å²) in [5, 5.41) is 8.65. The van der Waals surface area contributed by atoms with E-state index >= 15 is 0 Å². The van der Waals surface area contributed by atoms with Gasteiger partial charge in [-0.05, 0) is 46.3 Å². The fourth-order valence-corrected chi connectivity index (χ4v) is 3.08. The van der Waals surface area contributed by atoms with E-state index in [0.29, 0.717) is 15.9 Å². The zero-order chi connectivity index (χ0) is 15.5. The fourth-order valence-electron chi connectivity index (χ4n) is 1.55. The first kappa shape index (κ1) is 15.3. The third-order valence-corrected chi connectivity index (χ3v) is 4.55. The first-order chi connectivity index (χ1) is 9.96. The number of sulfonamides is 1. The van der Waals surface area contributed by atoms with Crippen molar-refractivity contribution in [1.82, 2.24) is 4.98 Å². The van der Waals surface area contributed by atoms with Gasteiger partial charge in [0.15, 0.2) is 0 Å². The van der Waals surface area contributed by atoms with Crippen LogP contribution in [0.5, 0.6) is 5.75 Å². The van der Waals surface area contributed by atoms with Crippen LogP contribution >= 0.6 is 15.9 Å². The van der Waals surface area contributed by atoms with E-state index in [0.717, 1.165) is 6.20 Å². The number of hydrogen-bond donors (Lipinski definition) is 1. The number of halogens is 1. The Balaban J connectivity index is 2.28. The summed E-state index contributed by atoms with van der Waals surface area (Å²) in [6, 6.07) is 9.31. The molecular weight excluding hydrogens is 358 g/mol. The number of nitriles is 1. The second-order valence-corrected chi connectivity index (χ2v) is 6.48. The number of hydrogen-bond acceptors (Lipinski definition) is 5. The van der Waals surface area contributed by atoms with Crippen molar-refractivity contribution in [3.63, 3.8) is 0 Å². The molecule has 21 heavy (non-hydrogen) atoms. The number of aromatic nitrogens is 1. The molecule has 0 spiro atoms. The van der Waals surface area contributed by atoms with Crippen LogP contribution in [0.3, 0.4) is 0 Å². The number of nitrogens with zero attached hydrogens (tertiary/aromatic N) is 2. The summed E-state index contributed by atoms with van der Waals surface area (Å²) in [7, 11) is -2.24. The van der Waals surface area contributed by atoms with E-state index in [9.17, 15) is 8.42 Å². The van der Waals surface area contributed by atoms with E-state index < -0.39 is 10.0 Å². The highest BCUT2D eigenvalue weighted by atomic mass is 79.9. The lowest BCUT2D eigenvalue weighted by molar-refractivity contribution is 0.412. The Morgan fingerprint density at radius 3 is 2.62 bits per heavy atom. The Bertz CT molecular complexity index is 798. The van der Waals surface area contributed by atoms with Crippen molar-refractivity contribution in [2.24, 2.45) is 0 Å². The van der Waals surface area contributed by atoms with Gasteiger partial charge in [-0.25, -0.2) is 13.4 Å². The molecule has 6 nitrogen and oxygen atoms in total. The molecule has 0 aliphatic carbocycles. The van der Waals surface area contributed by atoms with Gasteiger partial charge in [0.1, 0.15) is 22.4 Å². The van der Waals surface area contributed by atoms with Crippen LogP contribution in [-0.4, -0.2) is 20.5 Å². The van der Waals surface area contributed by atoms with Gasteiger partial charge >= 0.3 is 0 Å². The lowest BCUT2D eigenvalue weighted by atomic mass is 10.3. The van der Waals surface area contributed by atoms with Crippen molar-refractivity contribution >= 4 is 31.6 Å². The summed E-state index contributed by atoms with van der Waals surface area (Å²) in [4.78, 5) is 3.72. The van der Waals surface area contributed by atoms with Crippen LogP contribution in [0.4, 0.5) is 5.69 Å². The number of nitrogens with one attached hydrogen (secondary N) is 1. The molecular formula is C13H10BrN3O3S. The first-order valence-corrected chi connectivity index (χ1v) is 7.96. The second kappa shape index (κ2) is 6.11. The molecule has 2 rings (SSSR count). The molecule has 8 heteroatoms. The molecule has 0 unspecified atom stereocenters. The van der Waals surface area contributed by atoms with Crippen LogP contribution in [0.15, 0.2) is 45.9 Å². The minimum absolute atomic E-state index is 0.0200. The van der Waals surface area contributed by atoms with Gasteiger partial charge in [0.25, 0.3) is 10.0 Å². The molecule has 0 saturated carbocycles. The zero-order valence-electron chi connectivity index (χ0n) is 10.9. The largest absolute Gasteiger partial charge is 0.496 e. The molecule has 0 radical (unpaired) electrons. The van der Waals surface area contributed by atoms with Crippen LogP contribution in [0, 0.1) is 11.3 Å². The van der Waals surface area contributed by atoms with Crippen LogP contribution in [0.2, 0.25) is 0 Å². The average Bonchev–Trinajstić information content (AvgIpc) is 2.47. The predicted molar refractivity (Wildman–Crippen MR) is 80.5 cm³/mol. The van der Waals surface area contributed by atoms with Gasteiger partial charge in [-0.2, -0.15) is 5.26 Å². The molecule has 1 heterocycles. The zero-order valence-corrected chi connectivity index (χ0v) is 13.3.